The van der Waals surface area contributed by atoms with E-state index in [1.807, 2.05) is 25.5 Å². The van der Waals surface area contributed by atoms with Crippen LogP contribution < -0.4 is 5.32 Å². The molecular formula is C12H14N4OS. The van der Waals surface area contributed by atoms with E-state index in [0.29, 0.717) is 12.3 Å². The summed E-state index contributed by atoms with van der Waals surface area (Å²) in [5.41, 5.74) is 1.74. The maximum atomic E-state index is 9.26. The number of rotatable bonds is 1. The second-order valence-electron chi connectivity index (χ2n) is 4.47. The summed E-state index contributed by atoms with van der Waals surface area (Å²) in [6.07, 6.45) is 5.92. The van der Waals surface area contributed by atoms with Crippen molar-refractivity contribution >= 4 is 16.9 Å². The van der Waals surface area contributed by atoms with Crippen LogP contribution in [-0.4, -0.2) is 41.2 Å². The van der Waals surface area contributed by atoms with Crippen molar-refractivity contribution in [3.63, 3.8) is 0 Å². The SMILES string of the molecule is CSC1=NC=C2C=C(C#N)N(C3COC3C)C2N1. The van der Waals surface area contributed by atoms with Crippen LogP contribution in [0.2, 0.25) is 0 Å². The van der Waals surface area contributed by atoms with Crippen LogP contribution in [-0.2, 0) is 4.74 Å². The van der Waals surface area contributed by atoms with Crippen LogP contribution in [0.15, 0.2) is 28.5 Å². The lowest BCUT2D eigenvalue weighted by Gasteiger charge is -2.45. The lowest BCUT2D eigenvalue weighted by atomic mass is 10.1. The molecule has 6 heteroatoms. The Hall–Kier alpha value is -1.45. The summed E-state index contributed by atoms with van der Waals surface area (Å²) in [5.74, 6) is 0. The molecule has 94 valence electrons. The Kier molecular flexibility index (Phi) is 2.80. The number of hydrogen-bond acceptors (Lipinski definition) is 6. The molecule has 3 aliphatic heterocycles. The first-order valence-electron chi connectivity index (χ1n) is 5.84. The van der Waals surface area contributed by atoms with E-state index in [-0.39, 0.29) is 18.3 Å². The van der Waals surface area contributed by atoms with Crippen molar-refractivity contribution in [3.8, 4) is 6.07 Å². The van der Waals surface area contributed by atoms with Crippen molar-refractivity contribution in [3.05, 3.63) is 23.5 Å². The molecule has 0 saturated carbocycles. The van der Waals surface area contributed by atoms with Crippen molar-refractivity contribution in [2.24, 2.45) is 4.99 Å². The van der Waals surface area contributed by atoms with Gasteiger partial charge in [-0.05, 0) is 19.3 Å². The molecule has 3 heterocycles. The zero-order chi connectivity index (χ0) is 12.7. The number of hydrogen-bond donors (Lipinski definition) is 1. The normalized spacial score (nSPS) is 33.5. The predicted octanol–water partition coefficient (Wildman–Crippen LogP) is 1.03. The molecule has 0 amide bonds. The summed E-state index contributed by atoms with van der Waals surface area (Å²) in [7, 11) is 0. The average molecular weight is 262 g/mol. The molecular weight excluding hydrogens is 248 g/mol. The number of nitriles is 1. The predicted molar refractivity (Wildman–Crippen MR) is 70.7 cm³/mol. The lowest BCUT2D eigenvalue weighted by Crippen LogP contribution is -2.60. The number of aliphatic imine (C=N–C) groups is 1. The van der Waals surface area contributed by atoms with Crippen LogP contribution in [0.25, 0.3) is 0 Å². The summed E-state index contributed by atoms with van der Waals surface area (Å²) < 4.78 is 5.42. The van der Waals surface area contributed by atoms with Crippen LogP contribution in [0.1, 0.15) is 6.92 Å². The fourth-order valence-corrected chi connectivity index (χ4v) is 2.80. The fourth-order valence-electron chi connectivity index (χ4n) is 2.41. The number of fused-ring (bicyclic) bond motifs is 1. The molecule has 1 N–H and O–H groups in total. The Labute approximate surface area is 110 Å². The first-order valence-corrected chi connectivity index (χ1v) is 7.07. The maximum Gasteiger partial charge on any atom is 0.162 e. The minimum atomic E-state index is 0.0240. The van der Waals surface area contributed by atoms with E-state index in [1.165, 1.54) is 0 Å². The number of amidine groups is 1. The van der Waals surface area contributed by atoms with Gasteiger partial charge in [0, 0.05) is 11.8 Å². The second kappa shape index (κ2) is 4.34. The lowest BCUT2D eigenvalue weighted by molar-refractivity contribution is -0.119. The summed E-state index contributed by atoms with van der Waals surface area (Å²) in [6.45, 7) is 2.72. The quantitative estimate of drug-likeness (QED) is 0.765. The zero-order valence-corrected chi connectivity index (χ0v) is 11.1. The fraction of sp³-hybridized carbons (Fsp3) is 0.500. The Morgan fingerprint density at radius 2 is 2.50 bits per heavy atom. The molecule has 1 saturated heterocycles. The van der Waals surface area contributed by atoms with Crippen LogP contribution in [0.5, 0.6) is 0 Å². The molecule has 3 unspecified atom stereocenters. The van der Waals surface area contributed by atoms with Gasteiger partial charge in [-0.1, -0.05) is 11.8 Å². The van der Waals surface area contributed by atoms with Gasteiger partial charge in [0.1, 0.15) is 17.9 Å². The average Bonchev–Trinajstić information content (AvgIpc) is 2.74. The van der Waals surface area contributed by atoms with E-state index < -0.39 is 0 Å². The van der Waals surface area contributed by atoms with Gasteiger partial charge >= 0.3 is 0 Å². The van der Waals surface area contributed by atoms with E-state index in [9.17, 15) is 5.26 Å². The topological polar surface area (TPSA) is 60.7 Å². The Balaban J connectivity index is 1.91. The highest BCUT2D eigenvalue weighted by Crippen LogP contribution is 2.34. The molecule has 1 fully saturated rings. The largest absolute Gasteiger partial charge is 0.374 e. The van der Waals surface area contributed by atoms with E-state index >= 15 is 0 Å². The molecule has 0 bridgehead atoms. The van der Waals surface area contributed by atoms with Gasteiger partial charge < -0.3 is 15.0 Å². The Bertz CT molecular complexity index is 505. The second-order valence-corrected chi connectivity index (χ2v) is 5.26. The molecule has 0 radical (unpaired) electrons. The monoisotopic (exact) mass is 262 g/mol. The first-order chi connectivity index (χ1) is 8.74. The van der Waals surface area contributed by atoms with Crippen molar-refractivity contribution < 1.29 is 4.74 Å². The summed E-state index contributed by atoms with van der Waals surface area (Å²) in [5, 5.41) is 13.5. The molecule has 0 aromatic heterocycles. The molecule has 0 spiro atoms. The van der Waals surface area contributed by atoms with Crippen molar-refractivity contribution in [2.45, 2.75) is 25.2 Å². The molecule has 0 aromatic rings. The van der Waals surface area contributed by atoms with E-state index in [0.717, 1.165) is 10.7 Å². The van der Waals surface area contributed by atoms with E-state index in [4.69, 9.17) is 4.74 Å². The van der Waals surface area contributed by atoms with Crippen LogP contribution >= 0.6 is 11.8 Å². The van der Waals surface area contributed by atoms with Gasteiger partial charge in [-0.3, -0.25) is 0 Å². The Morgan fingerprint density at radius 1 is 1.67 bits per heavy atom. The van der Waals surface area contributed by atoms with Crippen LogP contribution in [0, 0.1) is 11.3 Å². The Morgan fingerprint density at radius 3 is 3.06 bits per heavy atom. The van der Waals surface area contributed by atoms with Crippen molar-refractivity contribution in [1.82, 2.24) is 10.2 Å². The van der Waals surface area contributed by atoms with Gasteiger partial charge in [0.05, 0.1) is 18.8 Å². The third-order valence-corrected chi connectivity index (χ3v) is 4.11. The number of ether oxygens (including phenoxy) is 1. The van der Waals surface area contributed by atoms with Gasteiger partial charge in [0.25, 0.3) is 0 Å². The van der Waals surface area contributed by atoms with Crippen molar-refractivity contribution in [1.29, 1.82) is 5.26 Å². The zero-order valence-electron chi connectivity index (χ0n) is 10.3. The van der Waals surface area contributed by atoms with Gasteiger partial charge in [-0.25, -0.2) is 4.99 Å². The van der Waals surface area contributed by atoms with Gasteiger partial charge in [0.2, 0.25) is 0 Å². The molecule has 3 aliphatic rings. The third kappa shape index (κ3) is 1.62. The van der Waals surface area contributed by atoms with Gasteiger partial charge in [0.15, 0.2) is 5.17 Å². The highest BCUT2D eigenvalue weighted by atomic mass is 32.2. The number of allylic oxidation sites excluding steroid dienone is 1. The maximum absolute atomic E-state index is 9.26. The standard InChI is InChI=1S/C12H14N4OS/c1-7-10(6-17-7)16-9(4-13)3-8-5-14-12(18-2)15-11(8)16/h3,5,7,10-11H,6H2,1-2H3,(H,14,15). The summed E-state index contributed by atoms with van der Waals surface area (Å²) in [6, 6.07) is 2.53. The van der Waals surface area contributed by atoms with Gasteiger partial charge in [-0.15, -0.1) is 0 Å². The number of nitrogens with zero attached hydrogens (tertiary/aromatic N) is 3. The number of thioether (sulfide) groups is 1. The van der Waals surface area contributed by atoms with Crippen LogP contribution in [0.3, 0.4) is 0 Å². The van der Waals surface area contributed by atoms with E-state index in [2.05, 4.69) is 21.3 Å². The number of nitrogens with one attached hydrogen (secondary N) is 1. The van der Waals surface area contributed by atoms with Crippen LogP contribution in [0.4, 0.5) is 0 Å². The first kappa shape index (κ1) is 11.6. The molecule has 3 atom stereocenters. The molecule has 5 nitrogen and oxygen atoms in total. The minimum Gasteiger partial charge on any atom is -0.374 e. The molecule has 3 rings (SSSR count). The van der Waals surface area contributed by atoms with E-state index in [1.54, 1.807) is 11.8 Å². The van der Waals surface area contributed by atoms with Crippen molar-refractivity contribution in [2.75, 3.05) is 12.9 Å². The highest BCUT2D eigenvalue weighted by molar-refractivity contribution is 8.13. The highest BCUT2D eigenvalue weighted by Gasteiger charge is 2.43. The summed E-state index contributed by atoms with van der Waals surface area (Å²) in [4.78, 5) is 6.43. The minimum absolute atomic E-state index is 0.0240. The smallest absolute Gasteiger partial charge is 0.162 e. The third-order valence-electron chi connectivity index (χ3n) is 3.50. The molecule has 0 aromatic carbocycles. The molecule has 18 heavy (non-hydrogen) atoms. The molecule has 0 aliphatic carbocycles. The summed E-state index contributed by atoms with van der Waals surface area (Å²) >= 11 is 1.57. The van der Waals surface area contributed by atoms with Gasteiger partial charge in [-0.2, -0.15) is 5.26 Å².